The van der Waals surface area contributed by atoms with Gasteiger partial charge >= 0.3 is 0 Å². The molecular formula is C25H33N3O3S. The minimum atomic E-state index is -1.47. The van der Waals surface area contributed by atoms with Crippen molar-refractivity contribution in [1.29, 1.82) is 0 Å². The molecule has 6 nitrogen and oxygen atoms in total. The molecule has 2 aromatic rings. The maximum Gasteiger partial charge on any atom is 0.240 e. The number of rotatable bonds is 8. The second kappa shape index (κ2) is 11.4. The molecule has 0 radical (unpaired) electrons. The van der Waals surface area contributed by atoms with E-state index in [1.165, 1.54) is 18.1 Å². The fraction of sp³-hybridized carbons (Fsp3) is 0.440. The summed E-state index contributed by atoms with van der Waals surface area (Å²) in [4.78, 5) is 27.3. The number of nitrogens with zero attached hydrogens (tertiary/aromatic N) is 2. The van der Waals surface area contributed by atoms with E-state index in [1.54, 1.807) is 9.21 Å². The highest BCUT2D eigenvalue weighted by Crippen LogP contribution is 2.21. The lowest BCUT2D eigenvalue weighted by molar-refractivity contribution is -0.134. The zero-order chi connectivity index (χ0) is 23.1. The fourth-order valence-electron chi connectivity index (χ4n) is 3.84. The third-order valence-electron chi connectivity index (χ3n) is 5.82. The predicted octanol–water partition coefficient (Wildman–Crippen LogP) is 3.11. The van der Waals surface area contributed by atoms with Crippen LogP contribution < -0.4 is 5.32 Å². The quantitative estimate of drug-likeness (QED) is 0.622. The van der Waals surface area contributed by atoms with Crippen LogP contribution in [0.4, 0.5) is 0 Å². The van der Waals surface area contributed by atoms with Gasteiger partial charge in [0.05, 0.1) is 4.90 Å². The lowest BCUT2D eigenvalue weighted by atomic mass is 10.0. The van der Waals surface area contributed by atoms with Gasteiger partial charge in [-0.3, -0.25) is 9.59 Å². The minimum absolute atomic E-state index is 0.0707. The van der Waals surface area contributed by atoms with Crippen LogP contribution in [0, 0.1) is 0 Å². The number of nitrogens with one attached hydrogen (secondary N) is 1. The number of amides is 2. The average Bonchev–Trinajstić information content (AvgIpc) is 2.81. The Kier molecular flexibility index (Phi) is 8.59. The lowest BCUT2D eigenvalue weighted by Crippen LogP contribution is -2.60. The maximum absolute atomic E-state index is 13.3. The van der Waals surface area contributed by atoms with Gasteiger partial charge in [0.1, 0.15) is 17.0 Å². The van der Waals surface area contributed by atoms with E-state index in [9.17, 15) is 13.8 Å². The van der Waals surface area contributed by atoms with Crippen molar-refractivity contribution < 1.29 is 13.8 Å². The van der Waals surface area contributed by atoms with Gasteiger partial charge in [-0.2, -0.15) is 0 Å². The molecule has 3 rings (SSSR count). The van der Waals surface area contributed by atoms with E-state index in [2.05, 4.69) is 31.3 Å². The topological polar surface area (TPSA) is 69.7 Å². The van der Waals surface area contributed by atoms with Gasteiger partial charge in [0.2, 0.25) is 11.8 Å². The Hall–Kier alpha value is -2.51. The first-order valence-electron chi connectivity index (χ1n) is 11.2. The largest absolute Gasteiger partial charge is 0.355 e. The van der Waals surface area contributed by atoms with Crippen molar-refractivity contribution >= 4 is 22.8 Å². The van der Waals surface area contributed by atoms with Crippen LogP contribution in [-0.4, -0.2) is 57.4 Å². The lowest BCUT2D eigenvalue weighted by Gasteiger charge is -2.39. The Labute approximate surface area is 193 Å². The van der Waals surface area contributed by atoms with Crippen LogP contribution in [0.3, 0.4) is 0 Å². The zero-order valence-corrected chi connectivity index (χ0v) is 19.9. The van der Waals surface area contributed by atoms with Crippen molar-refractivity contribution in [2.24, 2.45) is 0 Å². The monoisotopic (exact) mass is 455 g/mol. The fourth-order valence-corrected chi connectivity index (χ4v) is 5.12. The Bertz CT molecular complexity index is 931. The molecule has 0 aromatic heterocycles. The molecule has 2 aromatic carbocycles. The summed E-state index contributed by atoms with van der Waals surface area (Å²) < 4.78 is 15.1. The number of piperazine rings is 1. The SMILES string of the molecule is CC(=O)N1CCN(S(=O)c2ccc(C(C)C)cc2)C(C(=O)NCCCc2ccccc2)C1. The average molecular weight is 456 g/mol. The highest BCUT2D eigenvalue weighted by atomic mass is 32.2. The van der Waals surface area contributed by atoms with E-state index in [0.717, 1.165) is 12.8 Å². The van der Waals surface area contributed by atoms with Gasteiger partial charge in [-0.15, -0.1) is 0 Å². The van der Waals surface area contributed by atoms with Crippen LogP contribution >= 0.6 is 0 Å². The van der Waals surface area contributed by atoms with Crippen molar-refractivity contribution in [3.8, 4) is 0 Å². The third-order valence-corrected chi connectivity index (χ3v) is 7.36. The molecule has 1 N–H and O–H groups in total. The van der Waals surface area contributed by atoms with Crippen LogP contribution in [0.15, 0.2) is 59.5 Å². The van der Waals surface area contributed by atoms with Crippen molar-refractivity contribution in [3.05, 3.63) is 65.7 Å². The molecule has 1 fully saturated rings. The number of hydrogen-bond acceptors (Lipinski definition) is 3. The van der Waals surface area contributed by atoms with Crippen LogP contribution in [0.5, 0.6) is 0 Å². The first kappa shape index (κ1) is 24.1. The molecule has 0 aliphatic carbocycles. The smallest absolute Gasteiger partial charge is 0.240 e. The highest BCUT2D eigenvalue weighted by molar-refractivity contribution is 7.82. The summed E-state index contributed by atoms with van der Waals surface area (Å²) >= 11 is 0. The van der Waals surface area contributed by atoms with Gasteiger partial charge < -0.3 is 10.2 Å². The van der Waals surface area contributed by atoms with Crippen LogP contribution in [-0.2, 0) is 27.0 Å². The Morgan fingerprint density at radius 2 is 1.75 bits per heavy atom. The summed E-state index contributed by atoms with van der Waals surface area (Å²) in [5, 5.41) is 2.99. The van der Waals surface area contributed by atoms with Crippen molar-refractivity contribution in [3.63, 3.8) is 0 Å². The third kappa shape index (κ3) is 6.26. The Morgan fingerprint density at radius 1 is 1.06 bits per heavy atom. The van der Waals surface area contributed by atoms with Gasteiger partial charge in [-0.1, -0.05) is 56.3 Å². The number of benzene rings is 2. The highest BCUT2D eigenvalue weighted by Gasteiger charge is 2.36. The summed E-state index contributed by atoms with van der Waals surface area (Å²) in [5.74, 6) is 0.140. The molecule has 32 heavy (non-hydrogen) atoms. The van der Waals surface area contributed by atoms with Gasteiger partial charge in [0.15, 0.2) is 0 Å². The standard InChI is InChI=1S/C25H33N3O3S/c1-19(2)22-11-13-23(14-12-22)32(31)28-17-16-27(20(3)29)18-24(28)25(30)26-15-7-10-21-8-5-4-6-9-21/h4-6,8-9,11-14,19,24H,7,10,15-18H2,1-3H3,(H,26,30). The molecule has 0 spiro atoms. The van der Waals surface area contributed by atoms with Gasteiger partial charge in [-0.25, -0.2) is 8.51 Å². The molecule has 2 amide bonds. The summed E-state index contributed by atoms with van der Waals surface area (Å²) in [5.41, 5.74) is 2.41. The zero-order valence-electron chi connectivity index (χ0n) is 19.1. The van der Waals surface area contributed by atoms with E-state index in [1.807, 2.05) is 42.5 Å². The summed E-state index contributed by atoms with van der Waals surface area (Å²) in [7, 11) is -1.47. The second-order valence-electron chi connectivity index (χ2n) is 8.47. The van der Waals surface area contributed by atoms with E-state index in [4.69, 9.17) is 0 Å². The van der Waals surface area contributed by atoms with E-state index < -0.39 is 17.0 Å². The molecular weight excluding hydrogens is 422 g/mol. The van der Waals surface area contributed by atoms with Crippen molar-refractivity contribution in [2.75, 3.05) is 26.2 Å². The molecule has 2 unspecified atom stereocenters. The number of hydrogen-bond donors (Lipinski definition) is 1. The van der Waals surface area contributed by atoms with E-state index >= 15 is 0 Å². The molecule has 1 saturated heterocycles. The van der Waals surface area contributed by atoms with Gasteiger partial charge in [0, 0.05) is 33.1 Å². The number of aryl methyl sites for hydroxylation is 1. The molecule has 7 heteroatoms. The Morgan fingerprint density at radius 3 is 2.38 bits per heavy atom. The van der Waals surface area contributed by atoms with Crippen LogP contribution in [0.25, 0.3) is 0 Å². The maximum atomic E-state index is 13.3. The van der Waals surface area contributed by atoms with Gasteiger partial charge in [-0.05, 0) is 42.0 Å². The van der Waals surface area contributed by atoms with Crippen molar-refractivity contribution in [1.82, 2.24) is 14.5 Å². The summed E-state index contributed by atoms with van der Waals surface area (Å²) in [6, 6.07) is 17.2. The number of carbonyl (C=O) groups excluding carboxylic acids is 2. The van der Waals surface area contributed by atoms with Gasteiger partial charge in [0.25, 0.3) is 0 Å². The normalized spacial score (nSPS) is 17.9. The minimum Gasteiger partial charge on any atom is -0.355 e. The molecule has 0 saturated carbocycles. The summed E-state index contributed by atoms with van der Waals surface area (Å²) in [6.45, 7) is 7.37. The molecule has 172 valence electrons. The second-order valence-corrected chi connectivity index (χ2v) is 9.91. The first-order valence-corrected chi connectivity index (χ1v) is 12.3. The van der Waals surface area contributed by atoms with Crippen LogP contribution in [0.2, 0.25) is 0 Å². The van der Waals surface area contributed by atoms with Crippen molar-refractivity contribution in [2.45, 2.75) is 50.5 Å². The molecule has 1 heterocycles. The first-order chi connectivity index (χ1) is 15.4. The van der Waals surface area contributed by atoms with E-state index in [-0.39, 0.29) is 18.4 Å². The number of carbonyl (C=O) groups is 2. The molecule has 2 atom stereocenters. The summed E-state index contributed by atoms with van der Waals surface area (Å²) in [6.07, 6.45) is 1.70. The molecule has 1 aliphatic rings. The predicted molar refractivity (Wildman–Crippen MR) is 127 cm³/mol. The van der Waals surface area contributed by atoms with E-state index in [0.29, 0.717) is 30.4 Å². The molecule has 0 bridgehead atoms. The van der Waals surface area contributed by atoms with Crippen LogP contribution in [0.1, 0.15) is 44.2 Å². The molecule has 1 aliphatic heterocycles. The Balaban J connectivity index is 1.66.